The number of hydrogen-bond acceptors (Lipinski definition) is 3. The molecule has 1 rings (SSSR count). The first kappa shape index (κ1) is 7.60. The van der Waals surface area contributed by atoms with Crippen LogP contribution in [-0.2, 0) is 6.54 Å². The molecule has 0 saturated carbocycles. The fraction of sp³-hybridized carbons (Fsp3) is 0.125. The fourth-order valence-electron chi connectivity index (χ4n) is 0.707. The van der Waals surface area contributed by atoms with E-state index in [0.717, 1.165) is 5.69 Å². The highest BCUT2D eigenvalue weighted by molar-refractivity contribution is 5.04. The van der Waals surface area contributed by atoms with Crippen molar-refractivity contribution >= 4 is 0 Å². The normalized spacial score (nSPS) is 9.09. The molecule has 0 aliphatic carbocycles. The SMILES string of the molecule is C=C(N)NCc1ccccn1. The van der Waals surface area contributed by atoms with Gasteiger partial charge in [0.2, 0.25) is 0 Å². The van der Waals surface area contributed by atoms with Crippen LogP contribution in [0.25, 0.3) is 0 Å². The van der Waals surface area contributed by atoms with Crippen LogP contribution >= 0.6 is 0 Å². The highest BCUT2D eigenvalue weighted by atomic mass is 15.0. The average Bonchev–Trinajstić information content (AvgIpc) is 2.03. The van der Waals surface area contributed by atoms with Gasteiger partial charge in [-0.2, -0.15) is 0 Å². The molecule has 0 aliphatic heterocycles. The zero-order chi connectivity index (χ0) is 8.10. The predicted octanol–water partition coefficient (Wildman–Crippen LogP) is 0.601. The molecule has 58 valence electrons. The topological polar surface area (TPSA) is 50.9 Å². The zero-order valence-electron chi connectivity index (χ0n) is 6.25. The van der Waals surface area contributed by atoms with Crippen molar-refractivity contribution in [3.63, 3.8) is 0 Å². The number of hydrogen-bond donors (Lipinski definition) is 2. The van der Waals surface area contributed by atoms with Crippen LogP contribution in [0.3, 0.4) is 0 Å². The van der Waals surface area contributed by atoms with Crippen molar-refractivity contribution in [2.24, 2.45) is 5.73 Å². The third kappa shape index (κ3) is 2.71. The van der Waals surface area contributed by atoms with Crippen LogP contribution in [0.1, 0.15) is 5.69 Å². The molecule has 0 bridgehead atoms. The van der Waals surface area contributed by atoms with Crippen molar-refractivity contribution < 1.29 is 0 Å². The van der Waals surface area contributed by atoms with Gasteiger partial charge in [0.25, 0.3) is 0 Å². The summed E-state index contributed by atoms with van der Waals surface area (Å²) in [7, 11) is 0. The molecular weight excluding hydrogens is 138 g/mol. The molecule has 0 atom stereocenters. The van der Waals surface area contributed by atoms with E-state index >= 15 is 0 Å². The number of nitrogens with zero attached hydrogens (tertiary/aromatic N) is 1. The van der Waals surface area contributed by atoms with Gasteiger partial charge in [-0.3, -0.25) is 4.98 Å². The molecule has 3 nitrogen and oxygen atoms in total. The van der Waals surface area contributed by atoms with E-state index in [0.29, 0.717) is 12.4 Å². The van der Waals surface area contributed by atoms with Crippen LogP contribution in [-0.4, -0.2) is 4.98 Å². The summed E-state index contributed by atoms with van der Waals surface area (Å²) in [4.78, 5) is 4.09. The molecule has 3 heteroatoms. The van der Waals surface area contributed by atoms with Crippen molar-refractivity contribution in [3.8, 4) is 0 Å². The van der Waals surface area contributed by atoms with Gasteiger partial charge in [0.15, 0.2) is 0 Å². The molecular formula is C8H11N3. The van der Waals surface area contributed by atoms with Gasteiger partial charge in [-0.25, -0.2) is 0 Å². The van der Waals surface area contributed by atoms with E-state index in [2.05, 4.69) is 16.9 Å². The summed E-state index contributed by atoms with van der Waals surface area (Å²) in [5.74, 6) is 0.468. The smallest absolute Gasteiger partial charge is 0.0889 e. The molecule has 11 heavy (non-hydrogen) atoms. The lowest BCUT2D eigenvalue weighted by molar-refractivity contribution is 0.780. The Morgan fingerprint density at radius 1 is 1.64 bits per heavy atom. The third-order valence-corrected chi connectivity index (χ3v) is 1.22. The first-order valence-corrected chi connectivity index (χ1v) is 3.37. The van der Waals surface area contributed by atoms with Crippen LogP contribution in [0.15, 0.2) is 36.8 Å². The lowest BCUT2D eigenvalue weighted by Gasteiger charge is -2.02. The maximum atomic E-state index is 5.31. The van der Waals surface area contributed by atoms with E-state index < -0.39 is 0 Å². The minimum absolute atomic E-state index is 0.468. The highest BCUT2D eigenvalue weighted by Crippen LogP contribution is 1.91. The molecule has 0 amide bonds. The van der Waals surface area contributed by atoms with Crippen molar-refractivity contribution in [1.82, 2.24) is 10.3 Å². The van der Waals surface area contributed by atoms with E-state index in [1.54, 1.807) is 6.20 Å². The van der Waals surface area contributed by atoms with Crippen LogP contribution in [0, 0.1) is 0 Å². The van der Waals surface area contributed by atoms with Crippen molar-refractivity contribution in [3.05, 3.63) is 42.5 Å². The zero-order valence-corrected chi connectivity index (χ0v) is 6.25. The van der Waals surface area contributed by atoms with Gasteiger partial charge in [0, 0.05) is 6.20 Å². The molecule has 3 N–H and O–H groups in total. The van der Waals surface area contributed by atoms with Crippen molar-refractivity contribution in [2.75, 3.05) is 0 Å². The number of aromatic nitrogens is 1. The summed E-state index contributed by atoms with van der Waals surface area (Å²) in [6.07, 6.45) is 1.75. The summed E-state index contributed by atoms with van der Waals surface area (Å²) in [5, 5.41) is 2.88. The number of pyridine rings is 1. The van der Waals surface area contributed by atoms with Crippen molar-refractivity contribution in [2.45, 2.75) is 6.54 Å². The number of nitrogens with two attached hydrogens (primary N) is 1. The monoisotopic (exact) mass is 149 g/mol. The molecule has 0 saturated heterocycles. The molecule has 0 fully saturated rings. The van der Waals surface area contributed by atoms with Gasteiger partial charge in [0.1, 0.15) is 0 Å². The van der Waals surface area contributed by atoms with Gasteiger partial charge in [-0.05, 0) is 12.1 Å². The van der Waals surface area contributed by atoms with Crippen LogP contribution < -0.4 is 11.1 Å². The lowest BCUT2D eigenvalue weighted by atomic mass is 10.3. The van der Waals surface area contributed by atoms with E-state index in [1.807, 2.05) is 18.2 Å². The molecule has 0 aromatic carbocycles. The largest absolute Gasteiger partial charge is 0.386 e. The minimum Gasteiger partial charge on any atom is -0.386 e. The first-order valence-electron chi connectivity index (χ1n) is 3.37. The van der Waals surface area contributed by atoms with Gasteiger partial charge < -0.3 is 11.1 Å². The van der Waals surface area contributed by atoms with E-state index in [9.17, 15) is 0 Å². The van der Waals surface area contributed by atoms with Gasteiger partial charge in [0.05, 0.1) is 18.1 Å². The quantitative estimate of drug-likeness (QED) is 0.661. The molecule has 0 radical (unpaired) electrons. The van der Waals surface area contributed by atoms with Crippen LogP contribution in [0.5, 0.6) is 0 Å². The molecule has 1 heterocycles. The molecule has 0 unspecified atom stereocenters. The summed E-state index contributed by atoms with van der Waals surface area (Å²) in [6.45, 7) is 4.14. The lowest BCUT2D eigenvalue weighted by Crippen LogP contribution is -2.18. The molecule has 1 aromatic heterocycles. The van der Waals surface area contributed by atoms with Crippen LogP contribution in [0.4, 0.5) is 0 Å². The second-order valence-electron chi connectivity index (χ2n) is 2.20. The Bertz CT molecular complexity index is 230. The Morgan fingerprint density at radius 3 is 3.00 bits per heavy atom. The summed E-state index contributed by atoms with van der Waals surface area (Å²) >= 11 is 0. The third-order valence-electron chi connectivity index (χ3n) is 1.22. The first-order chi connectivity index (χ1) is 5.29. The maximum Gasteiger partial charge on any atom is 0.0889 e. The molecule has 0 aliphatic rings. The number of nitrogens with one attached hydrogen (secondary N) is 1. The molecule has 0 spiro atoms. The van der Waals surface area contributed by atoms with Gasteiger partial charge in [-0.1, -0.05) is 12.6 Å². The Hall–Kier alpha value is -1.51. The number of rotatable bonds is 3. The maximum absolute atomic E-state index is 5.31. The Labute approximate surface area is 65.9 Å². The van der Waals surface area contributed by atoms with E-state index in [1.165, 1.54) is 0 Å². The minimum atomic E-state index is 0.468. The highest BCUT2D eigenvalue weighted by Gasteiger charge is 1.89. The Balaban J connectivity index is 2.45. The van der Waals surface area contributed by atoms with Crippen LogP contribution in [0.2, 0.25) is 0 Å². The second-order valence-corrected chi connectivity index (χ2v) is 2.20. The summed E-state index contributed by atoms with van der Waals surface area (Å²) in [6, 6.07) is 5.74. The standard InChI is InChI=1S/C8H11N3/c1-7(9)11-6-8-4-2-3-5-10-8/h2-5,11H,1,6,9H2. The van der Waals surface area contributed by atoms with Crippen molar-refractivity contribution in [1.29, 1.82) is 0 Å². The fourth-order valence-corrected chi connectivity index (χ4v) is 0.707. The molecule has 1 aromatic rings. The van der Waals surface area contributed by atoms with E-state index in [-0.39, 0.29) is 0 Å². The predicted molar refractivity (Wildman–Crippen MR) is 44.4 cm³/mol. The van der Waals surface area contributed by atoms with E-state index in [4.69, 9.17) is 5.73 Å². The van der Waals surface area contributed by atoms with Gasteiger partial charge >= 0.3 is 0 Å². The van der Waals surface area contributed by atoms with Gasteiger partial charge in [-0.15, -0.1) is 0 Å². The average molecular weight is 149 g/mol. The summed E-state index contributed by atoms with van der Waals surface area (Å²) < 4.78 is 0. The Morgan fingerprint density at radius 2 is 2.45 bits per heavy atom. The second kappa shape index (κ2) is 3.61. The Kier molecular flexibility index (Phi) is 2.49. The summed E-state index contributed by atoms with van der Waals surface area (Å²) in [5.41, 5.74) is 6.26.